The first kappa shape index (κ1) is 15.9. The Labute approximate surface area is 127 Å². The first-order valence-electron chi connectivity index (χ1n) is 7.68. The average Bonchev–Trinajstić information content (AvgIpc) is 2.44. The zero-order valence-electron chi connectivity index (χ0n) is 13.3. The molecule has 5 nitrogen and oxygen atoms in total. The normalized spacial score (nSPS) is 17.7. The number of hydrogen-bond donors (Lipinski definition) is 2. The summed E-state index contributed by atoms with van der Waals surface area (Å²) in [6.45, 7) is 10.8. The molecule has 0 aromatic heterocycles. The van der Waals surface area contributed by atoms with Crippen LogP contribution >= 0.6 is 0 Å². The van der Waals surface area contributed by atoms with Crippen LogP contribution in [0.5, 0.6) is 5.75 Å². The minimum Gasteiger partial charge on any atom is -0.489 e. The highest BCUT2D eigenvalue weighted by molar-refractivity contribution is 5.73. The van der Waals surface area contributed by atoms with Crippen molar-refractivity contribution in [3.8, 4) is 5.75 Å². The number of rotatable bonds is 6. The van der Waals surface area contributed by atoms with Crippen molar-refractivity contribution in [2.75, 3.05) is 43.9 Å². The van der Waals surface area contributed by atoms with Crippen molar-refractivity contribution in [3.05, 3.63) is 18.2 Å². The standard InChI is InChI=1S/C16H27N3O2/c1-12(2)21-15-6-4-5-14(16(15)17)18-13(3)11-19-7-9-20-10-8-19/h4-6,12-13,18H,7-11,17H2,1-3H3. The first-order chi connectivity index (χ1) is 10.1. The Morgan fingerprint density at radius 1 is 1.29 bits per heavy atom. The number of anilines is 2. The van der Waals surface area contributed by atoms with Crippen LogP contribution in [0.25, 0.3) is 0 Å². The molecule has 3 N–H and O–H groups in total. The second-order valence-corrected chi connectivity index (χ2v) is 5.84. The number of nitrogens with zero attached hydrogens (tertiary/aromatic N) is 1. The molecule has 118 valence electrons. The molecule has 1 unspecified atom stereocenters. The van der Waals surface area contributed by atoms with Crippen LogP contribution in [0.2, 0.25) is 0 Å². The second-order valence-electron chi connectivity index (χ2n) is 5.84. The van der Waals surface area contributed by atoms with Gasteiger partial charge in [0.15, 0.2) is 0 Å². The third-order valence-electron chi connectivity index (χ3n) is 3.47. The van der Waals surface area contributed by atoms with Gasteiger partial charge in [0, 0.05) is 25.7 Å². The lowest BCUT2D eigenvalue weighted by Gasteiger charge is -2.30. The van der Waals surface area contributed by atoms with E-state index in [2.05, 4.69) is 17.1 Å². The Morgan fingerprint density at radius 3 is 2.67 bits per heavy atom. The van der Waals surface area contributed by atoms with Crippen LogP contribution in [-0.4, -0.2) is 49.9 Å². The molecule has 21 heavy (non-hydrogen) atoms. The van der Waals surface area contributed by atoms with E-state index < -0.39 is 0 Å². The number of ether oxygens (including phenoxy) is 2. The van der Waals surface area contributed by atoms with Gasteiger partial charge >= 0.3 is 0 Å². The molecule has 0 radical (unpaired) electrons. The molecule has 0 saturated carbocycles. The number of morpholine rings is 1. The van der Waals surface area contributed by atoms with Crippen molar-refractivity contribution >= 4 is 11.4 Å². The highest BCUT2D eigenvalue weighted by Crippen LogP contribution is 2.30. The van der Waals surface area contributed by atoms with Crippen molar-refractivity contribution in [2.24, 2.45) is 0 Å². The Morgan fingerprint density at radius 2 is 2.00 bits per heavy atom. The smallest absolute Gasteiger partial charge is 0.144 e. The van der Waals surface area contributed by atoms with E-state index in [0.29, 0.717) is 11.7 Å². The lowest BCUT2D eigenvalue weighted by atomic mass is 10.2. The van der Waals surface area contributed by atoms with Gasteiger partial charge in [0.2, 0.25) is 0 Å². The Bertz CT molecular complexity index is 445. The predicted molar refractivity (Wildman–Crippen MR) is 87.0 cm³/mol. The second kappa shape index (κ2) is 7.52. The van der Waals surface area contributed by atoms with Crippen molar-refractivity contribution in [1.82, 2.24) is 4.90 Å². The maximum absolute atomic E-state index is 6.19. The summed E-state index contributed by atoms with van der Waals surface area (Å²) in [6.07, 6.45) is 0.119. The van der Waals surface area contributed by atoms with Gasteiger partial charge < -0.3 is 20.5 Å². The molecule has 0 aliphatic carbocycles. The van der Waals surface area contributed by atoms with E-state index >= 15 is 0 Å². The van der Waals surface area contributed by atoms with Crippen molar-refractivity contribution in [1.29, 1.82) is 0 Å². The number of nitrogens with two attached hydrogens (primary N) is 1. The summed E-state index contributed by atoms with van der Waals surface area (Å²) in [5.41, 5.74) is 7.81. The lowest BCUT2D eigenvalue weighted by Crippen LogP contribution is -2.42. The third-order valence-corrected chi connectivity index (χ3v) is 3.47. The maximum Gasteiger partial charge on any atom is 0.144 e. The Kier molecular flexibility index (Phi) is 5.70. The van der Waals surface area contributed by atoms with Crippen LogP contribution in [-0.2, 0) is 4.74 Å². The molecule has 1 aliphatic rings. The summed E-state index contributed by atoms with van der Waals surface area (Å²) in [4.78, 5) is 2.41. The van der Waals surface area contributed by atoms with E-state index in [4.69, 9.17) is 15.2 Å². The zero-order valence-corrected chi connectivity index (χ0v) is 13.3. The quantitative estimate of drug-likeness (QED) is 0.787. The highest BCUT2D eigenvalue weighted by atomic mass is 16.5. The average molecular weight is 293 g/mol. The van der Waals surface area contributed by atoms with Crippen LogP contribution in [0.15, 0.2) is 18.2 Å². The molecule has 0 spiro atoms. The van der Waals surface area contributed by atoms with E-state index in [1.165, 1.54) is 0 Å². The van der Waals surface area contributed by atoms with Gasteiger partial charge in [0.05, 0.1) is 30.7 Å². The van der Waals surface area contributed by atoms with E-state index in [1.54, 1.807) is 0 Å². The molecule has 1 aliphatic heterocycles. The minimum absolute atomic E-state index is 0.119. The molecule has 1 atom stereocenters. The number of hydrogen-bond acceptors (Lipinski definition) is 5. The zero-order chi connectivity index (χ0) is 15.2. The van der Waals surface area contributed by atoms with Gasteiger partial charge in [-0.15, -0.1) is 0 Å². The molecule has 1 aromatic rings. The monoisotopic (exact) mass is 293 g/mol. The van der Waals surface area contributed by atoms with Gasteiger partial charge in [-0.05, 0) is 32.9 Å². The van der Waals surface area contributed by atoms with Crippen LogP contribution in [0, 0.1) is 0 Å². The SMILES string of the molecule is CC(CN1CCOCC1)Nc1cccc(OC(C)C)c1N. The van der Waals surface area contributed by atoms with Gasteiger partial charge in [-0.2, -0.15) is 0 Å². The summed E-state index contributed by atoms with van der Waals surface area (Å²) in [5.74, 6) is 0.744. The van der Waals surface area contributed by atoms with Crippen molar-refractivity contribution in [2.45, 2.75) is 32.9 Å². The molecule has 1 heterocycles. The van der Waals surface area contributed by atoms with E-state index in [0.717, 1.165) is 44.3 Å². The van der Waals surface area contributed by atoms with E-state index in [1.807, 2.05) is 32.0 Å². The van der Waals surface area contributed by atoms with Crippen LogP contribution in [0.1, 0.15) is 20.8 Å². The van der Waals surface area contributed by atoms with Crippen LogP contribution in [0.4, 0.5) is 11.4 Å². The largest absolute Gasteiger partial charge is 0.489 e. The summed E-state index contributed by atoms with van der Waals surface area (Å²) in [5, 5.41) is 3.48. The first-order valence-corrected chi connectivity index (χ1v) is 7.68. The van der Waals surface area contributed by atoms with Crippen molar-refractivity contribution in [3.63, 3.8) is 0 Å². The van der Waals surface area contributed by atoms with Crippen LogP contribution < -0.4 is 15.8 Å². The number of nitrogen functional groups attached to an aromatic ring is 1. The van der Waals surface area contributed by atoms with E-state index in [9.17, 15) is 0 Å². The lowest BCUT2D eigenvalue weighted by molar-refractivity contribution is 0.0368. The molecule has 0 amide bonds. The van der Waals surface area contributed by atoms with Gasteiger partial charge in [-0.3, -0.25) is 4.90 Å². The number of nitrogens with one attached hydrogen (secondary N) is 1. The molecule has 1 aromatic carbocycles. The Balaban J connectivity index is 1.94. The number of benzene rings is 1. The summed E-state index contributed by atoms with van der Waals surface area (Å²) < 4.78 is 11.1. The number of para-hydroxylation sites is 1. The van der Waals surface area contributed by atoms with Gasteiger partial charge in [0.1, 0.15) is 5.75 Å². The maximum atomic E-state index is 6.19. The van der Waals surface area contributed by atoms with Gasteiger partial charge in [0.25, 0.3) is 0 Å². The molecular weight excluding hydrogens is 266 g/mol. The summed E-state index contributed by atoms with van der Waals surface area (Å²) in [7, 11) is 0. The fraction of sp³-hybridized carbons (Fsp3) is 0.625. The van der Waals surface area contributed by atoms with Gasteiger partial charge in [-0.25, -0.2) is 0 Å². The fourth-order valence-corrected chi connectivity index (χ4v) is 2.51. The molecule has 1 saturated heterocycles. The fourth-order valence-electron chi connectivity index (χ4n) is 2.51. The molecule has 0 bridgehead atoms. The van der Waals surface area contributed by atoms with Crippen molar-refractivity contribution < 1.29 is 9.47 Å². The molecule has 1 fully saturated rings. The van der Waals surface area contributed by atoms with Crippen LogP contribution in [0.3, 0.4) is 0 Å². The minimum atomic E-state index is 0.119. The predicted octanol–water partition coefficient (Wildman–Crippen LogP) is 2.19. The molecule has 5 heteroatoms. The third kappa shape index (κ3) is 4.79. The summed E-state index contributed by atoms with van der Waals surface area (Å²) >= 11 is 0. The summed E-state index contributed by atoms with van der Waals surface area (Å²) in [6, 6.07) is 6.20. The van der Waals surface area contributed by atoms with E-state index in [-0.39, 0.29) is 6.10 Å². The van der Waals surface area contributed by atoms with Gasteiger partial charge in [-0.1, -0.05) is 6.07 Å². The molecule has 2 rings (SSSR count). The molecular formula is C16H27N3O2. The highest BCUT2D eigenvalue weighted by Gasteiger charge is 2.15. The Hall–Kier alpha value is -1.46. The topological polar surface area (TPSA) is 59.8 Å².